The van der Waals surface area contributed by atoms with Crippen molar-refractivity contribution in [3.63, 3.8) is 0 Å². The first-order valence-corrected chi connectivity index (χ1v) is 9.58. The van der Waals surface area contributed by atoms with Gasteiger partial charge in [0.05, 0.1) is 0 Å². The van der Waals surface area contributed by atoms with Gasteiger partial charge in [-0.3, -0.25) is 0 Å². The standard InChI is InChI=1S/C16H20BrNS2/c1-2-8-18-14(11-16-7-4-9-19-16)12-20-15-6-3-5-13(17)10-15/h3-7,9-10,14,18H,2,8,11-12H2,1H3. The van der Waals surface area contributed by atoms with Gasteiger partial charge < -0.3 is 5.32 Å². The lowest BCUT2D eigenvalue weighted by molar-refractivity contribution is 0.553. The number of rotatable bonds is 8. The van der Waals surface area contributed by atoms with E-state index in [1.54, 1.807) is 0 Å². The van der Waals surface area contributed by atoms with E-state index in [1.807, 2.05) is 23.1 Å². The average molecular weight is 370 g/mol. The van der Waals surface area contributed by atoms with E-state index in [0.29, 0.717) is 6.04 Å². The van der Waals surface area contributed by atoms with E-state index in [4.69, 9.17) is 0 Å². The maximum atomic E-state index is 3.67. The first kappa shape index (κ1) is 16.1. The topological polar surface area (TPSA) is 12.0 Å². The van der Waals surface area contributed by atoms with Gasteiger partial charge in [0.1, 0.15) is 0 Å². The highest BCUT2D eigenvalue weighted by Crippen LogP contribution is 2.23. The molecule has 0 amide bonds. The van der Waals surface area contributed by atoms with Crippen LogP contribution in [0.1, 0.15) is 18.2 Å². The van der Waals surface area contributed by atoms with Crippen molar-refractivity contribution in [1.82, 2.24) is 5.32 Å². The SMILES string of the molecule is CCCNC(CSc1cccc(Br)c1)Cc1cccs1. The van der Waals surface area contributed by atoms with Crippen LogP contribution in [0.15, 0.2) is 51.1 Å². The van der Waals surface area contributed by atoms with Crippen LogP contribution < -0.4 is 5.32 Å². The van der Waals surface area contributed by atoms with E-state index < -0.39 is 0 Å². The largest absolute Gasteiger partial charge is 0.313 e. The minimum atomic E-state index is 0.539. The molecule has 2 aromatic rings. The predicted octanol–water partition coefficient (Wildman–Crippen LogP) is 5.21. The van der Waals surface area contributed by atoms with Gasteiger partial charge in [0.2, 0.25) is 0 Å². The first-order valence-electron chi connectivity index (χ1n) is 6.92. The number of nitrogens with one attached hydrogen (secondary N) is 1. The molecule has 0 bridgehead atoms. The van der Waals surface area contributed by atoms with Gasteiger partial charge in [-0.15, -0.1) is 23.1 Å². The maximum Gasteiger partial charge on any atom is 0.0209 e. The molecular formula is C16H20BrNS2. The molecule has 1 unspecified atom stereocenters. The van der Waals surface area contributed by atoms with Crippen molar-refractivity contribution >= 4 is 39.0 Å². The summed E-state index contributed by atoms with van der Waals surface area (Å²) >= 11 is 7.31. The number of benzene rings is 1. The number of hydrogen-bond acceptors (Lipinski definition) is 3. The van der Waals surface area contributed by atoms with Crippen molar-refractivity contribution in [2.45, 2.75) is 30.7 Å². The van der Waals surface area contributed by atoms with Crippen LogP contribution in [0.3, 0.4) is 0 Å². The van der Waals surface area contributed by atoms with E-state index in [-0.39, 0.29) is 0 Å². The molecule has 0 saturated heterocycles. The second kappa shape index (κ2) is 8.88. The van der Waals surface area contributed by atoms with Crippen molar-refractivity contribution in [3.05, 3.63) is 51.1 Å². The monoisotopic (exact) mass is 369 g/mol. The van der Waals surface area contributed by atoms with Crippen LogP contribution in [0.5, 0.6) is 0 Å². The second-order valence-electron chi connectivity index (χ2n) is 4.70. The lowest BCUT2D eigenvalue weighted by Gasteiger charge is -2.17. The Morgan fingerprint density at radius 3 is 2.90 bits per heavy atom. The van der Waals surface area contributed by atoms with Crippen molar-refractivity contribution in [1.29, 1.82) is 0 Å². The summed E-state index contributed by atoms with van der Waals surface area (Å²) in [5, 5.41) is 5.83. The Balaban J connectivity index is 1.89. The van der Waals surface area contributed by atoms with Gasteiger partial charge in [-0.05, 0) is 49.0 Å². The lowest BCUT2D eigenvalue weighted by Crippen LogP contribution is -2.33. The summed E-state index contributed by atoms with van der Waals surface area (Å²) in [6.07, 6.45) is 2.31. The van der Waals surface area contributed by atoms with Gasteiger partial charge >= 0.3 is 0 Å². The number of thioether (sulfide) groups is 1. The van der Waals surface area contributed by atoms with Crippen LogP contribution in [0.2, 0.25) is 0 Å². The van der Waals surface area contributed by atoms with Crippen LogP contribution in [-0.4, -0.2) is 18.3 Å². The summed E-state index contributed by atoms with van der Waals surface area (Å²) in [6, 6.07) is 13.4. The molecule has 4 heteroatoms. The Kier molecular flexibility index (Phi) is 7.14. The Morgan fingerprint density at radius 2 is 2.20 bits per heavy atom. The Labute approximate surface area is 138 Å². The summed E-state index contributed by atoms with van der Waals surface area (Å²) in [4.78, 5) is 2.79. The molecule has 1 atom stereocenters. The fourth-order valence-electron chi connectivity index (χ4n) is 1.96. The quantitative estimate of drug-likeness (QED) is 0.640. The zero-order valence-electron chi connectivity index (χ0n) is 11.6. The van der Waals surface area contributed by atoms with E-state index in [0.717, 1.165) is 23.2 Å². The van der Waals surface area contributed by atoms with Gasteiger partial charge in [-0.25, -0.2) is 0 Å². The Hall–Kier alpha value is -0.290. The number of hydrogen-bond donors (Lipinski definition) is 1. The normalized spacial score (nSPS) is 12.5. The van der Waals surface area contributed by atoms with Crippen molar-refractivity contribution < 1.29 is 0 Å². The Bertz CT molecular complexity index is 499. The summed E-state index contributed by atoms with van der Waals surface area (Å²) in [6.45, 7) is 3.31. The first-order chi connectivity index (χ1) is 9.78. The van der Waals surface area contributed by atoms with E-state index in [1.165, 1.54) is 16.2 Å². The van der Waals surface area contributed by atoms with Gasteiger partial charge in [0.15, 0.2) is 0 Å². The zero-order valence-corrected chi connectivity index (χ0v) is 14.9. The molecule has 20 heavy (non-hydrogen) atoms. The predicted molar refractivity (Wildman–Crippen MR) is 95.0 cm³/mol. The molecule has 0 fully saturated rings. The molecule has 108 valence electrons. The van der Waals surface area contributed by atoms with E-state index in [9.17, 15) is 0 Å². The molecule has 1 heterocycles. The molecule has 1 aromatic heterocycles. The average Bonchev–Trinajstić information content (AvgIpc) is 2.95. The van der Waals surface area contributed by atoms with Gasteiger partial charge in [-0.1, -0.05) is 35.0 Å². The third-order valence-corrected chi connectivity index (χ3v) is 5.51. The second-order valence-corrected chi connectivity index (χ2v) is 7.74. The summed E-state index contributed by atoms with van der Waals surface area (Å²) in [5.41, 5.74) is 0. The minimum Gasteiger partial charge on any atom is -0.313 e. The highest BCUT2D eigenvalue weighted by Gasteiger charge is 2.10. The van der Waals surface area contributed by atoms with E-state index >= 15 is 0 Å². The van der Waals surface area contributed by atoms with Gasteiger partial charge in [-0.2, -0.15) is 0 Å². The van der Waals surface area contributed by atoms with Crippen LogP contribution in [0.4, 0.5) is 0 Å². The summed E-state index contributed by atoms with van der Waals surface area (Å²) < 4.78 is 1.15. The van der Waals surface area contributed by atoms with Crippen molar-refractivity contribution in [2.24, 2.45) is 0 Å². The molecule has 1 N–H and O–H groups in total. The molecule has 2 rings (SSSR count). The van der Waals surface area contributed by atoms with Gasteiger partial charge in [0.25, 0.3) is 0 Å². The number of thiophene rings is 1. The highest BCUT2D eigenvalue weighted by molar-refractivity contribution is 9.10. The molecular weight excluding hydrogens is 350 g/mol. The van der Waals surface area contributed by atoms with Crippen LogP contribution in [0.25, 0.3) is 0 Å². The smallest absolute Gasteiger partial charge is 0.0209 e. The van der Waals surface area contributed by atoms with Gasteiger partial charge in [0, 0.05) is 26.0 Å². The summed E-state index contributed by atoms with van der Waals surface area (Å²) in [5.74, 6) is 1.11. The van der Waals surface area contributed by atoms with Crippen LogP contribution >= 0.6 is 39.0 Å². The van der Waals surface area contributed by atoms with Crippen molar-refractivity contribution in [2.75, 3.05) is 12.3 Å². The molecule has 1 nitrogen and oxygen atoms in total. The molecule has 0 spiro atoms. The number of halogens is 1. The maximum absolute atomic E-state index is 3.67. The highest BCUT2D eigenvalue weighted by atomic mass is 79.9. The van der Waals surface area contributed by atoms with Crippen LogP contribution in [-0.2, 0) is 6.42 Å². The summed E-state index contributed by atoms with van der Waals surface area (Å²) in [7, 11) is 0. The van der Waals surface area contributed by atoms with E-state index in [2.05, 4.69) is 69.9 Å². The molecule has 0 radical (unpaired) electrons. The molecule has 0 aliphatic carbocycles. The third-order valence-electron chi connectivity index (χ3n) is 2.96. The molecule has 1 aromatic carbocycles. The lowest BCUT2D eigenvalue weighted by atomic mass is 10.2. The molecule has 0 aliphatic rings. The molecule has 0 saturated carbocycles. The zero-order chi connectivity index (χ0) is 14.2. The third kappa shape index (κ3) is 5.60. The Morgan fingerprint density at radius 1 is 1.30 bits per heavy atom. The minimum absolute atomic E-state index is 0.539. The van der Waals surface area contributed by atoms with Crippen LogP contribution in [0, 0.1) is 0 Å². The fourth-order valence-corrected chi connectivity index (χ4v) is 4.32. The van der Waals surface area contributed by atoms with Crippen molar-refractivity contribution in [3.8, 4) is 0 Å². The molecule has 0 aliphatic heterocycles. The fraction of sp³-hybridized carbons (Fsp3) is 0.375.